The molecule has 2 heterocycles. The van der Waals surface area contributed by atoms with Gasteiger partial charge < -0.3 is 19.9 Å². The molecular formula is C14H23NO5. The van der Waals surface area contributed by atoms with Gasteiger partial charge in [-0.1, -0.05) is 6.92 Å². The van der Waals surface area contributed by atoms with Gasteiger partial charge in [0, 0.05) is 26.4 Å². The van der Waals surface area contributed by atoms with E-state index in [0.29, 0.717) is 39.1 Å². The van der Waals surface area contributed by atoms with Crippen LogP contribution in [0.25, 0.3) is 0 Å². The largest absolute Gasteiger partial charge is 0.481 e. The van der Waals surface area contributed by atoms with Crippen molar-refractivity contribution in [2.75, 3.05) is 26.4 Å². The molecule has 6 nitrogen and oxygen atoms in total. The topological polar surface area (TPSA) is 84.9 Å². The van der Waals surface area contributed by atoms with Crippen molar-refractivity contribution in [1.82, 2.24) is 5.32 Å². The Morgan fingerprint density at radius 1 is 1.30 bits per heavy atom. The molecule has 1 amide bonds. The molecule has 2 N–H and O–H groups in total. The number of nitrogens with one attached hydrogen (secondary N) is 1. The maximum absolute atomic E-state index is 12.2. The highest BCUT2D eigenvalue weighted by atomic mass is 16.5. The fraction of sp³-hybridized carbons (Fsp3) is 0.857. The number of carbonyl (C=O) groups is 2. The molecule has 0 aromatic rings. The molecule has 2 atom stereocenters. The van der Waals surface area contributed by atoms with Gasteiger partial charge in [0.25, 0.3) is 0 Å². The summed E-state index contributed by atoms with van der Waals surface area (Å²) in [6.07, 6.45) is 2.37. The molecule has 0 radical (unpaired) electrons. The summed E-state index contributed by atoms with van der Waals surface area (Å²) < 4.78 is 10.7. The second-order valence-electron chi connectivity index (χ2n) is 5.63. The highest BCUT2D eigenvalue weighted by molar-refractivity contribution is 5.81. The van der Waals surface area contributed by atoms with E-state index < -0.39 is 11.4 Å². The molecule has 0 aromatic heterocycles. The van der Waals surface area contributed by atoms with E-state index >= 15 is 0 Å². The van der Waals surface area contributed by atoms with Crippen molar-refractivity contribution in [3.8, 4) is 0 Å². The van der Waals surface area contributed by atoms with Crippen LogP contribution in [0.5, 0.6) is 0 Å². The summed E-state index contributed by atoms with van der Waals surface area (Å²) in [5.41, 5.74) is -0.880. The number of ether oxygens (including phenoxy) is 2. The van der Waals surface area contributed by atoms with Crippen molar-refractivity contribution >= 4 is 11.9 Å². The summed E-state index contributed by atoms with van der Waals surface area (Å²) in [4.78, 5) is 23.7. The first-order chi connectivity index (χ1) is 9.59. The second kappa shape index (κ2) is 6.54. The zero-order chi connectivity index (χ0) is 14.6. The zero-order valence-electron chi connectivity index (χ0n) is 11.9. The van der Waals surface area contributed by atoms with Gasteiger partial charge >= 0.3 is 5.97 Å². The van der Waals surface area contributed by atoms with Crippen LogP contribution in [0.1, 0.15) is 32.6 Å². The molecule has 2 aliphatic rings. The minimum atomic E-state index is -0.880. The summed E-state index contributed by atoms with van der Waals surface area (Å²) in [7, 11) is 0. The Labute approximate surface area is 118 Å². The molecule has 0 saturated carbocycles. The van der Waals surface area contributed by atoms with Crippen LogP contribution in [0.2, 0.25) is 0 Å². The lowest BCUT2D eigenvalue weighted by Crippen LogP contribution is -2.48. The molecule has 20 heavy (non-hydrogen) atoms. The second-order valence-corrected chi connectivity index (χ2v) is 5.63. The van der Waals surface area contributed by atoms with Gasteiger partial charge in [-0.25, -0.2) is 0 Å². The van der Waals surface area contributed by atoms with Crippen molar-refractivity contribution in [2.24, 2.45) is 11.3 Å². The molecule has 6 heteroatoms. The van der Waals surface area contributed by atoms with Gasteiger partial charge in [0.15, 0.2) is 0 Å². The lowest BCUT2D eigenvalue weighted by atomic mass is 9.80. The summed E-state index contributed by atoms with van der Waals surface area (Å²) in [6, 6.07) is 0. The normalized spacial score (nSPS) is 29.1. The number of rotatable bonds is 5. The molecule has 2 aliphatic heterocycles. The molecule has 0 bridgehead atoms. The smallest absolute Gasteiger partial charge is 0.311 e. The SMILES string of the molecule is CCC1OCCC1C(=O)NCC1(C(=O)O)CCOCC1. The Bertz CT molecular complexity index is 365. The number of carboxylic acids is 1. The first kappa shape index (κ1) is 15.3. The molecular weight excluding hydrogens is 262 g/mol. The van der Waals surface area contributed by atoms with E-state index in [0.717, 1.165) is 6.42 Å². The standard InChI is InChI=1S/C14H23NO5/c1-2-11-10(3-6-20-11)12(16)15-9-14(13(17)18)4-7-19-8-5-14/h10-11H,2-9H2,1H3,(H,15,16)(H,17,18). The van der Waals surface area contributed by atoms with Crippen LogP contribution in [-0.4, -0.2) is 49.5 Å². The van der Waals surface area contributed by atoms with Crippen molar-refractivity contribution in [3.05, 3.63) is 0 Å². The van der Waals surface area contributed by atoms with Gasteiger partial charge in [-0.05, 0) is 25.7 Å². The molecule has 0 aliphatic carbocycles. The number of carbonyl (C=O) groups excluding carboxylic acids is 1. The van der Waals surface area contributed by atoms with Crippen LogP contribution in [0.4, 0.5) is 0 Å². The molecule has 0 spiro atoms. The van der Waals surface area contributed by atoms with E-state index in [1.807, 2.05) is 6.92 Å². The number of amides is 1. The van der Waals surface area contributed by atoms with Crippen molar-refractivity contribution in [3.63, 3.8) is 0 Å². The Morgan fingerprint density at radius 2 is 2.00 bits per heavy atom. The molecule has 2 rings (SSSR count). The Balaban J connectivity index is 1.92. The maximum atomic E-state index is 12.2. The molecule has 2 fully saturated rings. The molecule has 0 aromatic carbocycles. The van der Waals surface area contributed by atoms with E-state index in [2.05, 4.69) is 5.32 Å². The van der Waals surface area contributed by atoms with Crippen molar-refractivity contribution in [1.29, 1.82) is 0 Å². The lowest BCUT2D eigenvalue weighted by Gasteiger charge is -2.33. The fourth-order valence-electron chi connectivity index (χ4n) is 2.97. The Morgan fingerprint density at radius 3 is 2.60 bits per heavy atom. The molecule has 2 saturated heterocycles. The highest BCUT2D eigenvalue weighted by Gasteiger charge is 2.41. The van der Waals surface area contributed by atoms with Gasteiger partial charge in [-0.3, -0.25) is 9.59 Å². The monoisotopic (exact) mass is 285 g/mol. The number of aliphatic carboxylic acids is 1. The number of carboxylic acid groups (broad SMARTS) is 1. The average Bonchev–Trinajstić information content (AvgIpc) is 2.94. The van der Waals surface area contributed by atoms with E-state index in [9.17, 15) is 14.7 Å². The van der Waals surface area contributed by atoms with Crippen molar-refractivity contribution in [2.45, 2.75) is 38.7 Å². The predicted molar refractivity (Wildman–Crippen MR) is 71.3 cm³/mol. The lowest BCUT2D eigenvalue weighted by molar-refractivity contribution is -0.154. The summed E-state index contributed by atoms with van der Waals surface area (Å²) >= 11 is 0. The quantitative estimate of drug-likeness (QED) is 0.780. The zero-order valence-corrected chi connectivity index (χ0v) is 11.9. The first-order valence-electron chi connectivity index (χ1n) is 7.29. The third kappa shape index (κ3) is 3.12. The van der Waals surface area contributed by atoms with Crippen LogP contribution in [0.3, 0.4) is 0 Å². The molecule has 114 valence electrons. The minimum absolute atomic E-state index is 0.0366. The van der Waals surface area contributed by atoms with Crippen LogP contribution in [0, 0.1) is 11.3 Å². The van der Waals surface area contributed by atoms with Crippen LogP contribution >= 0.6 is 0 Å². The predicted octanol–water partition coefficient (Wildman–Crippen LogP) is 0.799. The number of hydrogen-bond donors (Lipinski definition) is 2. The third-order valence-corrected chi connectivity index (χ3v) is 4.45. The fourth-order valence-corrected chi connectivity index (χ4v) is 2.97. The van der Waals surface area contributed by atoms with E-state index in [-0.39, 0.29) is 24.5 Å². The molecule has 2 unspecified atom stereocenters. The van der Waals surface area contributed by atoms with Crippen molar-refractivity contribution < 1.29 is 24.2 Å². The first-order valence-corrected chi connectivity index (χ1v) is 7.29. The third-order valence-electron chi connectivity index (χ3n) is 4.45. The van der Waals surface area contributed by atoms with Gasteiger partial charge in [0.05, 0.1) is 17.4 Å². The number of hydrogen-bond acceptors (Lipinski definition) is 4. The van der Waals surface area contributed by atoms with Gasteiger partial charge in [0.1, 0.15) is 0 Å². The maximum Gasteiger partial charge on any atom is 0.311 e. The van der Waals surface area contributed by atoms with E-state index in [1.165, 1.54) is 0 Å². The minimum Gasteiger partial charge on any atom is -0.481 e. The van der Waals surface area contributed by atoms with Crippen LogP contribution in [0.15, 0.2) is 0 Å². The summed E-state index contributed by atoms with van der Waals surface area (Å²) in [5.74, 6) is -1.08. The Kier molecular flexibility index (Phi) is 4.99. The van der Waals surface area contributed by atoms with Crippen LogP contribution in [-0.2, 0) is 19.1 Å². The van der Waals surface area contributed by atoms with Gasteiger partial charge in [-0.15, -0.1) is 0 Å². The highest BCUT2D eigenvalue weighted by Crippen LogP contribution is 2.31. The summed E-state index contributed by atoms with van der Waals surface area (Å²) in [6.45, 7) is 3.65. The Hall–Kier alpha value is -1.14. The van der Waals surface area contributed by atoms with Crippen LogP contribution < -0.4 is 5.32 Å². The van der Waals surface area contributed by atoms with E-state index in [4.69, 9.17) is 9.47 Å². The van der Waals surface area contributed by atoms with E-state index in [1.54, 1.807) is 0 Å². The summed E-state index contributed by atoms with van der Waals surface area (Å²) in [5, 5.41) is 12.3. The van der Waals surface area contributed by atoms with Gasteiger partial charge in [0.2, 0.25) is 5.91 Å². The average molecular weight is 285 g/mol. The van der Waals surface area contributed by atoms with Gasteiger partial charge in [-0.2, -0.15) is 0 Å².